The molecule has 0 spiro atoms. The van der Waals surface area contributed by atoms with Crippen molar-refractivity contribution in [1.82, 2.24) is 10.0 Å². The van der Waals surface area contributed by atoms with E-state index in [1.54, 1.807) is 0 Å². The third-order valence-electron chi connectivity index (χ3n) is 2.67. The molecular weight excluding hydrogens is 346 g/mol. The molecule has 0 aliphatic heterocycles. The summed E-state index contributed by atoms with van der Waals surface area (Å²) in [5.41, 5.74) is 5.39. The van der Waals surface area contributed by atoms with Gasteiger partial charge in [0.1, 0.15) is 6.04 Å². The molecule has 1 atom stereocenters. The molecule has 0 fully saturated rings. The topological polar surface area (TPSA) is 127 Å². The number of aromatic nitrogens is 1. The average Bonchev–Trinajstić information content (AvgIpc) is 2.77. The molecule has 1 rings (SSSR count). The van der Waals surface area contributed by atoms with Gasteiger partial charge in [0.2, 0.25) is 17.7 Å². The lowest BCUT2D eigenvalue weighted by Crippen LogP contribution is -2.45. The van der Waals surface area contributed by atoms with Gasteiger partial charge in [0.15, 0.2) is 0 Å². The molecule has 0 bridgehead atoms. The Balaban J connectivity index is 2.71. The Bertz CT molecular complexity index is 472. The van der Waals surface area contributed by atoms with Gasteiger partial charge in [-0.1, -0.05) is 15.9 Å². The number of hydrogen-bond donors (Lipinski definition) is 4. The highest BCUT2D eigenvalue weighted by molar-refractivity contribution is 9.09. The van der Waals surface area contributed by atoms with E-state index in [1.165, 1.54) is 12.1 Å². The number of nitrogens with two attached hydrogens (primary N) is 1. The molecular formula is C12H18BrN3O5. The Kier molecular flexibility index (Phi) is 7.03. The summed E-state index contributed by atoms with van der Waals surface area (Å²) in [6.45, 7) is 0.479. The second-order valence-corrected chi connectivity index (χ2v) is 4.85. The largest absolute Gasteiger partial charge is 0.492 e. The van der Waals surface area contributed by atoms with Crippen molar-refractivity contribution in [2.75, 3.05) is 11.9 Å². The first-order valence-corrected chi connectivity index (χ1v) is 7.49. The van der Waals surface area contributed by atoms with Crippen molar-refractivity contribution in [2.24, 2.45) is 5.73 Å². The second kappa shape index (κ2) is 8.53. The van der Waals surface area contributed by atoms with Crippen molar-refractivity contribution in [2.45, 2.75) is 25.3 Å². The van der Waals surface area contributed by atoms with Gasteiger partial charge in [0.05, 0.1) is 5.33 Å². The minimum atomic E-state index is -0.886. The van der Waals surface area contributed by atoms with Gasteiger partial charge in [-0.05, 0) is 25.8 Å². The van der Waals surface area contributed by atoms with E-state index in [9.17, 15) is 19.8 Å². The van der Waals surface area contributed by atoms with Crippen LogP contribution in [0.15, 0.2) is 12.1 Å². The number of halogens is 1. The van der Waals surface area contributed by atoms with Gasteiger partial charge in [0, 0.05) is 12.1 Å². The van der Waals surface area contributed by atoms with Crippen molar-refractivity contribution in [1.29, 1.82) is 0 Å². The van der Waals surface area contributed by atoms with E-state index in [2.05, 4.69) is 21.2 Å². The maximum atomic E-state index is 12.0. The highest BCUT2D eigenvalue weighted by Gasteiger charge is 2.24. The molecule has 1 aromatic rings. The Labute approximate surface area is 130 Å². The van der Waals surface area contributed by atoms with Gasteiger partial charge < -0.3 is 26.1 Å². The molecule has 0 unspecified atom stereocenters. The molecule has 0 saturated carbocycles. The highest BCUT2D eigenvalue weighted by atomic mass is 79.9. The molecule has 9 heteroatoms. The predicted octanol–water partition coefficient (Wildman–Crippen LogP) is -0.137. The summed E-state index contributed by atoms with van der Waals surface area (Å²) in [4.78, 5) is 28.3. The van der Waals surface area contributed by atoms with Crippen LogP contribution in [0.3, 0.4) is 0 Å². The molecule has 0 radical (unpaired) electrons. The minimum absolute atomic E-state index is 0.0493. The highest BCUT2D eigenvalue weighted by Crippen LogP contribution is 2.19. The molecule has 21 heavy (non-hydrogen) atoms. The Morgan fingerprint density at radius 2 is 1.95 bits per heavy atom. The van der Waals surface area contributed by atoms with Crippen LogP contribution in [-0.4, -0.2) is 44.7 Å². The SMILES string of the molecule is NCCCC[C@H](NC(=O)CBr)C(=O)On1c(O)ccc1O. The number of carbonyl (C=O) groups is 2. The fourth-order valence-electron chi connectivity index (χ4n) is 1.62. The first-order valence-electron chi connectivity index (χ1n) is 6.36. The number of unbranched alkanes of at least 4 members (excludes halogenated alkanes) is 1. The quantitative estimate of drug-likeness (QED) is 0.376. The van der Waals surface area contributed by atoms with Crippen molar-refractivity contribution in [3.8, 4) is 11.8 Å². The van der Waals surface area contributed by atoms with Crippen LogP contribution in [0.4, 0.5) is 0 Å². The van der Waals surface area contributed by atoms with Crippen LogP contribution in [0, 0.1) is 0 Å². The third kappa shape index (κ3) is 5.27. The first-order chi connectivity index (χ1) is 9.99. The lowest BCUT2D eigenvalue weighted by atomic mass is 10.1. The number of nitrogens with zero attached hydrogens (tertiary/aromatic N) is 1. The maximum Gasteiger partial charge on any atom is 0.355 e. The Morgan fingerprint density at radius 3 is 2.48 bits per heavy atom. The summed E-state index contributed by atoms with van der Waals surface area (Å²) in [7, 11) is 0. The van der Waals surface area contributed by atoms with Crippen molar-refractivity contribution >= 4 is 27.8 Å². The zero-order chi connectivity index (χ0) is 15.8. The average molecular weight is 364 g/mol. The number of amides is 1. The van der Waals surface area contributed by atoms with E-state index in [4.69, 9.17) is 10.6 Å². The second-order valence-electron chi connectivity index (χ2n) is 4.29. The summed E-state index contributed by atoms with van der Waals surface area (Å²) in [6.07, 6.45) is 1.67. The fraction of sp³-hybridized carbons (Fsp3) is 0.500. The molecule has 1 aromatic heterocycles. The lowest BCUT2D eigenvalue weighted by molar-refractivity contribution is -0.149. The van der Waals surface area contributed by atoms with Crippen LogP contribution < -0.4 is 15.9 Å². The van der Waals surface area contributed by atoms with Gasteiger partial charge in [-0.15, -0.1) is 4.73 Å². The van der Waals surface area contributed by atoms with Crippen molar-refractivity contribution in [3.05, 3.63) is 12.1 Å². The number of rotatable bonds is 8. The van der Waals surface area contributed by atoms with E-state index < -0.39 is 23.8 Å². The molecule has 5 N–H and O–H groups in total. The predicted molar refractivity (Wildman–Crippen MR) is 78.0 cm³/mol. The fourth-order valence-corrected chi connectivity index (χ4v) is 1.79. The number of aromatic hydroxyl groups is 2. The molecule has 118 valence electrons. The Hall–Kier alpha value is -1.74. The minimum Gasteiger partial charge on any atom is -0.492 e. The monoisotopic (exact) mass is 363 g/mol. The molecule has 0 saturated heterocycles. The number of alkyl halides is 1. The number of carbonyl (C=O) groups excluding carboxylic acids is 2. The van der Waals surface area contributed by atoms with Crippen LogP contribution >= 0.6 is 15.9 Å². The van der Waals surface area contributed by atoms with Gasteiger partial charge in [0.25, 0.3) is 0 Å². The van der Waals surface area contributed by atoms with Gasteiger partial charge in [-0.25, -0.2) is 4.79 Å². The van der Waals surface area contributed by atoms with E-state index in [0.717, 1.165) is 0 Å². The summed E-state index contributed by atoms with van der Waals surface area (Å²) >= 11 is 2.99. The smallest absolute Gasteiger partial charge is 0.355 e. The molecule has 0 aromatic carbocycles. The van der Waals surface area contributed by atoms with Crippen LogP contribution in [0.2, 0.25) is 0 Å². The van der Waals surface area contributed by atoms with Crippen LogP contribution in [-0.2, 0) is 9.59 Å². The molecule has 0 aliphatic carbocycles. The van der Waals surface area contributed by atoms with E-state index in [1.807, 2.05) is 0 Å². The van der Waals surface area contributed by atoms with Gasteiger partial charge in [-0.3, -0.25) is 4.79 Å². The zero-order valence-corrected chi connectivity index (χ0v) is 12.9. The maximum absolute atomic E-state index is 12.0. The molecule has 8 nitrogen and oxygen atoms in total. The van der Waals surface area contributed by atoms with E-state index >= 15 is 0 Å². The van der Waals surface area contributed by atoms with Crippen molar-refractivity contribution in [3.63, 3.8) is 0 Å². The molecule has 1 amide bonds. The number of nitrogens with one attached hydrogen (secondary N) is 1. The molecule has 0 aliphatic rings. The number of hydrogen-bond acceptors (Lipinski definition) is 6. The normalized spacial score (nSPS) is 11.9. The van der Waals surface area contributed by atoms with Crippen LogP contribution in [0.5, 0.6) is 11.8 Å². The summed E-state index contributed by atoms with van der Waals surface area (Å²) in [5.74, 6) is -2.00. The van der Waals surface area contributed by atoms with Crippen LogP contribution in [0.25, 0.3) is 0 Å². The lowest BCUT2D eigenvalue weighted by Gasteiger charge is -2.17. The Morgan fingerprint density at radius 1 is 1.33 bits per heavy atom. The zero-order valence-electron chi connectivity index (χ0n) is 11.3. The van der Waals surface area contributed by atoms with E-state index in [0.29, 0.717) is 30.5 Å². The van der Waals surface area contributed by atoms with Gasteiger partial charge >= 0.3 is 5.97 Å². The summed E-state index contributed by atoms with van der Waals surface area (Å²) in [6, 6.07) is 1.45. The first kappa shape index (κ1) is 17.3. The summed E-state index contributed by atoms with van der Waals surface area (Å²) < 4.78 is 0.582. The van der Waals surface area contributed by atoms with Gasteiger partial charge in [-0.2, -0.15) is 0 Å². The molecule has 1 heterocycles. The van der Waals surface area contributed by atoms with Crippen LogP contribution in [0.1, 0.15) is 19.3 Å². The van der Waals surface area contributed by atoms with E-state index in [-0.39, 0.29) is 11.2 Å². The van der Waals surface area contributed by atoms with Crippen molar-refractivity contribution < 1.29 is 24.6 Å². The standard InChI is InChI=1S/C12H18BrN3O5/c13-7-9(17)15-8(3-1-2-6-14)12(20)21-16-10(18)4-5-11(16)19/h4-5,8,18-19H,1-3,6-7,14H2,(H,15,17)/t8-/m0/s1. The summed E-state index contributed by atoms with van der Waals surface area (Å²) in [5, 5.41) is 21.4. The third-order valence-corrected chi connectivity index (χ3v) is 3.18.